The maximum atomic E-state index is 12.0. The van der Waals surface area contributed by atoms with Crippen LogP contribution in [0.1, 0.15) is 142 Å². The third-order valence-electron chi connectivity index (χ3n) is 6.27. The molecule has 0 rings (SSSR count). The number of rotatable bonds is 26. The van der Waals surface area contributed by atoms with E-state index in [4.69, 9.17) is 9.47 Å². The predicted octanol–water partition coefficient (Wildman–Crippen LogP) is 4.40. The first kappa shape index (κ1) is 34.9. The minimum absolute atomic E-state index is 0.141. The summed E-state index contributed by atoms with van der Waals surface area (Å²) >= 11 is 0. The van der Waals surface area contributed by atoms with E-state index in [2.05, 4.69) is 0 Å². The smallest absolute Gasteiger partial charge is 0.305 e. The summed E-state index contributed by atoms with van der Waals surface area (Å²) in [5.74, 6) is -2.40. The maximum Gasteiger partial charge on any atom is 0.305 e. The Balaban J connectivity index is 3.61. The number of esters is 2. The molecule has 0 N–H and O–H groups in total. The predicted molar refractivity (Wildman–Crippen MR) is 138 cm³/mol. The van der Waals surface area contributed by atoms with Gasteiger partial charge in [-0.1, -0.05) is 90.9 Å². The van der Waals surface area contributed by atoms with Gasteiger partial charge in [-0.15, -0.1) is 0 Å². The van der Waals surface area contributed by atoms with Gasteiger partial charge in [0, 0.05) is 30.2 Å². The second kappa shape index (κ2) is 23.0. The molecule has 0 aliphatic carbocycles. The molecule has 8 heteroatoms. The Morgan fingerprint density at radius 3 is 0.973 bits per heavy atom. The molecule has 0 saturated heterocycles. The monoisotopic (exact) mass is 526 g/mol. The van der Waals surface area contributed by atoms with Gasteiger partial charge in [0.05, 0.1) is 13.2 Å². The van der Waals surface area contributed by atoms with Crippen LogP contribution in [0.25, 0.3) is 0 Å². The number of carboxylic acids is 2. The second-order valence-electron chi connectivity index (χ2n) is 10.9. The van der Waals surface area contributed by atoms with Crippen molar-refractivity contribution in [2.24, 2.45) is 5.41 Å². The zero-order chi connectivity index (χ0) is 27.8. The molecule has 0 aliphatic rings. The quantitative estimate of drug-likeness (QED) is 0.120. The standard InChI is InChI=1S/C29H52O8/c1-29(2,23-36-27(34)21-17-13-9-5-3-7-11-15-19-25(30)31)24-37-28(35)22-18-14-10-6-4-8-12-16-20-26(32)33/h3-24H2,1-2H3,(H,30,31)(H,32,33)/p-2. The van der Waals surface area contributed by atoms with Gasteiger partial charge in [-0.2, -0.15) is 0 Å². The molecule has 216 valence electrons. The van der Waals surface area contributed by atoms with Crippen molar-refractivity contribution in [3.63, 3.8) is 0 Å². The van der Waals surface area contributed by atoms with Crippen LogP contribution in [0.5, 0.6) is 0 Å². The number of hydrogen-bond acceptors (Lipinski definition) is 8. The topological polar surface area (TPSA) is 133 Å². The number of aliphatic carboxylic acids is 2. The Morgan fingerprint density at radius 2 is 0.703 bits per heavy atom. The van der Waals surface area contributed by atoms with Gasteiger partial charge >= 0.3 is 11.9 Å². The molecule has 8 nitrogen and oxygen atoms in total. The van der Waals surface area contributed by atoms with Gasteiger partial charge in [0.25, 0.3) is 0 Å². The normalized spacial score (nSPS) is 11.3. The minimum Gasteiger partial charge on any atom is -0.550 e. The highest BCUT2D eigenvalue weighted by molar-refractivity contribution is 5.69. The third-order valence-corrected chi connectivity index (χ3v) is 6.27. The van der Waals surface area contributed by atoms with Crippen LogP contribution in [0.15, 0.2) is 0 Å². The number of ether oxygens (including phenoxy) is 2. The molecule has 0 aromatic rings. The van der Waals surface area contributed by atoms with E-state index in [-0.39, 0.29) is 38.0 Å². The second-order valence-corrected chi connectivity index (χ2v) is 10.9. The summed E-state index contributed by atoms with van der Waals surface area (Å²) in [6, 6.07) is 0. The van der Waals surface area contributed by atoms with E-state index in [0.29, 0.717) is 25.7 Å². The lowest BCUT2D eigenvalue weighted by molar-refractivity contribution is -0.307. The highest BCUT2D eigenvalue weighted by Crippen LogP contribution is 2.18. The van der Waals surface area contributed by atoms with Gasteiger partial charge in [-0.05, 0) is 38.5 Å². The van der Waals surface area contributed by atoms with E-state index in [1.54, 1.807) is 0 Å². The molecule has 0 radical (unpaired) electrons. The maximum absolute atomic E-state index is 12.0. The van der Waals surface area contributed by atoms with E-state index in [9.17, 15) is 29.4 Å². The lowest BCUT2D eigenvalue weighted by atomic mass is 9.96. The summed E-state index contributed by atoms with van der Waals surface area (Å²) in [5.41, 5.74) is -0.432. The minimum atomic E-state index is -0.978. The summed E-state index contributed by atoms with van der Waals surface area (Å²) < 4.78 is 10.8. The molecule has 0 fully saturated rings. The number of unbranched alkanes of at least 4 members (excludes halogenated alkanes) is 14. The first-order valence-corrected chi connectivity index (χ1v) is 14.3. The summed E-state index contributed by atoms with van der Waals surface area (Å²) in [4.78, 5) is 44.7. The van der Waals surface area contributed by atoms with Crippen LogP contribution in [0.3, 0.4) is 0 Å². The average molecular weight is 527 g/mol. The van der Waals surface area contributed by atoms with Crippen molar-refractivity contribution in [3.8, 4) is 0 Å². The number of carbonyl (C=O) groups is 4. The molecule has 0 amide bonds. The third kappa shape index (κ3) is 26.7. The molecule has 0 aromatic carbocycles. The zero-order valence-electron chi connectivity index (χ0n) is 23.3. The molecule has 0 bridgehead atoms. The van der Waals surface area contributed by atoms with Gasteiger partial charge in [0.2, 0.25) is 0 Å². The van der Waals surface area contributed by atoms with Crippen molar-refractivity contribution < 1.29 is 38.9 Å². The Bertz CT molecular complexity index is 577. The Hall–Kier alpha value is -2.12. The van der Waals surface area contributed by atoms with Crippen molar-refractivity contribution in [3.05, 3.63) is 0 Å². The number of hydrogen-bond donors (Lipinski definition) is 0. The molecular weight excluding hydrogens is 476 g/mol. The first-order chi connectivity index (χ1) is 17.6. The van der Waals surface area contributed by atoms with Crippen LogP contribution < -0.4 is 10.2 Å². The van der Waals surface area contributed by atoms with Gasteiger partial charge in [0.1, 0.15) is 0 Å². The SMILES string of the molecule is CC(C)(COC(=O)CCCCCCCCCCC(=O)[O-])COC(=O)CCCCCCCCCCC(=O)[O-]. The van der Waals surface area contributed by atoms with Crippen molar-refractivity contribution in [1.29, 1.82) is 0 Å². The fraction of sp³-hybridized carbons (Fsp3) is 0.862. The first-order valence-electron chi connectivity index (χ1n) is 14.3. The van der Waals surface area contributed by atoms with Crippen LogP contribution >= 0.6 is 0 Å². The lowest BCUT2D eigenvalue weighted by Gasteiger charge is -2.23. The molecule has 0 saturated carbocycles. The lowest BCUT2D eigenvalue weighted by Crippen LogP contribution is -2.28. The zero-order valence-corrected chi connectivity index (χ0v) is 23.3. The van der Waals surface area contributed by atoms with Crippen LogP contribution in [0.2, 0.25) is 0 Å². The van der Waals surface area contributed by atoms with Crippen molar-refractivity contribution in [2.75, 3.05) is 13.2 Å². The van der Waals surface area contributed by atoms with E-state index in [0.717, 1.165) is 89.9 Å². The van der Waals surface area contributed by atoms with Gasteiger partial charge in [0.15, 0.2) is 0 Å². The molecular formula is C29H50O8-2. The summed E-state index contributed by atoms with van der Waals surface area (Å²) in [7, 11) is 0. The molecule has 0 spiro atoms. The number of carboxylic acid groups (broad SMARTS) is 2. The highest BCUT2D eigenvalue weighted by Gasteiger charge is 2.22. The van der Waals surface area contributed by atoms with Crippen LogP contribution in [-0.4, -0.2) is 37.1 Å². The fourth-order valence-corrected chi connectivity index (χ4v) is 3.94. The fourth-order valence-electron chi connectivity index (χ4n) is 3.94. The van der Waals surface area contributed by atoms with Gasteiger partial charge < -0.3 is 29.3 Å². The molecule has 0 aliphatic heterocycles. The van der Waals surface area contributed by atoms with E-state index >= 15 is 0 Å². The molecule has 37 heavy (non-hydrogen) atoms. The Labute approximate surface area is 223 Å². The van der Waals surface area contributed by atoms with E-state index < -0.39 is 17.4 Å². The molecule has 0 unspecified atom stereocenters. The summed E-state index contributed by atoms with van der Waals surface area (Å²) in [5, 5.41) is 20.7. The van der Waals surface area contributed by atoms with E-state index in [1.165, 1.54) is 0 Å². The highest BCUT2D eigenvalue weighted by atomic mass is 16.5. The molecule has 0 aromatic heterocycles. The van der Waals surface area contributed by atoms with Crippen LogP contribution in [0.4, 0.5) is 0 Å². The largest absolute Gasteiger partial charge is 0.550 e. The Kier molecular flexibility index (Phi) is 21.7. The Morgan fingerprint density at radius 1 is 0.459 bits per heavy atom. The molecule has 0 heterocycles. The van der Waals surface area contributed by atoms with Crippen molar-refractivity contribution in [2.45, 2.75) is 142 Å². The summed E-state index contributed by atoms with van der Waals surface area (Å²) in [6.45, 7) is 4.25. The number of carbonyl (C=O) groups excluding carboxylic acids is 4. The van der Waals surface area contributed by atoms with Crippen molar-refractivity contribution in [1.82, 2.24) is 0 Å². The molecule has 0 atom stereocenters. The van der Waals surface area contributed by atoms with Crippen molar-refractivity contribution >= 4 is 23.9 Å². The summed E-state index contributed by atoms with van der Waals surface area (Å²) in [6.07, 6.45) is 16.3. The average Bonchev–Trinajstić information content (AvgIpc) is 2.83. The van der Waals surface area contributed by atoms with Gasteiger partial charge in [-0.25, -0.2) is 0 Å². The van der Waals surface area contributed by atoms with Crippen LogP contribution in [-0.2, 0) is 28.7 Å². The van der Waals surface area contributed by atoms with E-state index in [1.807, 2.05) is 13.8 Å². The van der Waals surface area contributed by atoms with Crippen LogP contribution in [0, 0.1) is 5.41 Å². The van der Waals surface area contributed by atoms with Gasteiger partial charge in [-0.3, -0.25) is 9.59 Å².